The van der Waals surface area contributed by atoms with E-state index in [9.17, 15) is 0 Å². The molecular formula is C20H28IN5O3. The number of guanidine groups is 1. The van der Waals surface area contributed by atoms with Crippen LogP contribution in [-0.2, 0) is 13.0 Å². The number of hydrogen-bond donors (Lipinski definition) is 1. The Labute approximate surface area is 188 Å². The first-order valence-corrected chi connectivity index (χ1v) is 9.85. The van der Waals surface area contributed by atoms with Gasteiger partial charge in [-0.25, -0.2) is 0 Å². The van der Waals surface area contributed by atoms with Gasteiger partial charge in [0, 0.05) is 51.9 Å². The topological polar surface area (TPSA) is 75.4 Å². The number of hydrogen-bond acceptors (Lipinski definition) is 6. The van der Waals surface area contributed by atoms with Crippen LogP contribution in [-0.4, -0.2) is 67.0 Å². The average Bonchev–Trinajstić information content (AvgIpc) is 3.39. The zero-order chi connectivity index (χ0) is 19.2. The van der Waals surface area contributed by atoms with Crippen molar-refractivity contribution in [3.8, 4) is 11.5 Å². The lowest BCUT2D eigenvalue weighted by Gasteiger charge is -2.36. The number of aliphatic imine (C=N–C) groups is 1. The molecular weight excluding hydrogens is 485 g/mol. The second-order valence-electron chi connectivity index (χ2n) is 6.93. The van der Waals surface area contributed by atoms with Crippen LogP contribution < -0.4 is 14.8 Å². The number of benzene rings is 1. The van der Waals surface area contributed by atoms with Crippen LogP contribution in [0, 0.1) is 0 Å². The second-order valence-corrected chi connectivity index (χ2v) is 6.93. The van der Waals surface area contributed by atoms with Gasteiger partial charge in [-0.1, -0.05) is 11.2 Å². The molecule has 0 amide bonds. The van der Waals surface area contributed by atoms with E-state index in [0.717, 1.165) is 75.4 Å². The number of rotatable bonds is 6. The molecule has 1 N–H and O–H groups in total. The van der Waals surface area contributed by atoms with Crippen LogP contribution in [0.25, 0.3) is 0 Å². The summed E-state index contributed by atoms with van der Waals surface area (Å²) in [6.45, 7) is 8.73. The van der Waals surface area contributed by atoms with E-state index in [1.807, 2.05) is 18.2 Å². The molecule has 0 atom stereocenters. The normalized spacial score (nSPS) is 16.6. The van der Waals surface area contributed by atoms with Crippen molar-refractivity contribution in [1.29, 1.82) is 0 Å². The molecule has 0 unspecified atom stereocenters. The molecule has 1 saturated heterocycles. The Kier molecular flexibility index (Phi) is 7.99. The van der Waals surface area contributed by atoms with Crippen molar-refractivity contribution < 1.29 is 14.0 Å². The summed E-state index contributed by atoms with van der Waals surface area (Å²) < 4.78 is 15.7. The first-order chi connectivity index (χ1) is 13.8. The third-order valence-corrected chi connectivity index (χ3v) is 4.98. The van der Waals surface area contributed by atoms with E-state index < -0.39 is 0 Å². The fourth-order valence-electron chi connectivity index (χ4n) is 3.48. The molecule has 3 heterocycles. The van der Waals surface area contributed by atoms with E-state index >= 15 is 0 Å². The molecule has 0 spiro atoms. The van der Waals surface area contributed by atoms with E-state index in [-0.39, 0.29) is 24.0 Å². The largest absolute Gasteiger partial charge is 0.454 e. The number of piperazine rings is 1. The minimum atomic E-state index is 0. The van der Waals surface area contributed by atoms with Crippen molar-refractivity contribution >= 4 is 29.9 Å². The fraction of sp³-hybridized carbons (Fsp3) is 0.500. The summed E-state index contributed by atoms with van der Waals surface area (Å²) in [5, 5.41) is 7.43. The maximum absolute atomic E-state index is 5.45. The molecule has 0 aliphatic carbocycles. The molecule has 158 valence electrons. The van der Waals surface area contributed by atoms with Crippen LogP contribution in [0.3, 0.4) is 0 Å². The molecule has 2 aliphatic rings. The lowest BCUT2D eigenvalue weighted by molar-refractivity contribution is 0.169. The maximum Gasteiger partial charge on any atom is 0.231 e. The van der Waals surface area contributed by atoms with Crippen LogP contribution >= 0.6 is 24.0 Å². The second kappa shape index (κ2) is 10.7. The van der Waals surface area contributed by atoms with Crippen molar-refractivity contribution in [2.45, 2.75) is 19.9 Å². The zero-order valence-electron chi connectivity index (χ0n) is 16.7. The van der Waals surface area contributed by atoms with Crippen LogP contribution in [0.1, 0.15) is 18.2 Å². The summed E-state index contributed by atoms with van der Waals surface area (Å²) >= 11 is 0. The van der Waals surface area contributed by atoms with Gasteiger partial charge in [0.15, 0.2) is 17.5 Å². The summed E-state index contributed by atoms with van der Waals surface area (Å²) in [6.07, 6.45) is 2.50. The standard InChI is InChI=1S/C20H27N5O3.HI/c1-2-21-20(22-7-5-16-3-4-18-19(13-16)27-15-26-18)25-10-8-24(9-11-25)14-17-6-12-28-23-17;/h3-4,6,12-13H,2,5,7-11,14-15H2,1H3,(H,21,22);1H. The van der Waals surface area contributed by atoms with E-state index in [1.165, 1.54) is 5.56 Å². The molecule has 0 saturated carbocycles. The number of halogens is 1. The highest BCUT2D eigenvalue weighted by molar-refractivity contribution is 14.0. The average molecular weight is 513 g/mol. The molecule has 8 nitrogen and oxygen atoms in total. The number of aromatic nitrogens is 1. The van der Waals surface area contributed by atoms with Crippen LogP contribution in [0.2, 0.25) is 0 Å². The number of nitrogens with zero attached hydrogens (tertiary/aromatic N) is 4. The predicted molar refractivity (Wildman–Crippen MR) is 121 cm³/mol. The van der Waals surface area contributed by atoms with Crippen molar-refractivity contribution in [1.82, 2.24) is 20.3 Å². The monoisotopic (exact) mass is 513 g/mol. The summed E-state index contributed by atoms with van der Waals surface area (Å²) in [4.78, 5) is 9.57. The number of ether oxygens (including phenoxy) is 2. The zero-order valence-corrected chi connectivity index (χ0v) is 19.0. The Balaban J connectivity index is 0.00000240. The molecule has 2 aromatic rings. The van der Waals surface area contributed by atoms with Gasteiger partial charge in [-0.3, -0.25) is 9.89 Å². The first-order valence-electron chi connectivity index (χ1n) is 9.85. The van der Waals surface area contributed by atoms with Gasteiger partial charge in [0.1, 0.15) is 6.26 Å². The van der Waals surface area contributed by atoms with Crippen LogP contribution in [0.15, 0.2) is 40.0 Å². The van der Waals surface area contributed by atoms with Crippen molar-refractivity contribution in [2.24, 2.45) is 4.99 Å². The molecule has 29 heavy (non-hydrogen) atoms. The fourth-order valence-corrected chi connectivity index (χ4v) is 3.48. The quantitative estimate of drug-likeness (QED) is 0.361. The molecule has 4 rings (SSSR count). The Bertz CT molecular complexity index is 791. The van der Waals surface area contributed by atoms with E-state index in [4.69, 9.17) is 19.0 Å². The summed E-state index contributed by atoms with van der Waals surface area (Å²) in [6, 6.07) is 8.03. The lowest BCUT2D eigenvalue weighted by Crippen LogP contribution is -2.52. The Morgan fingerprint density at radius 3 is 2.72 bits per heavy atom. The van der Waals surface area contributed by atoms with Gasteiger partial charge in [-0.15, -0.1) is 24.0 Å². The SMILES string of the molecule is CCNC(=NCCc1ccc2c(c1)OCO2)N1CCN(Cc2ccon2)CC1.I. The highest BCUT2D eigenvalue weighted by Gasteiger charge is 2.20. The van der Waals surface area contributed by atoms with Gasteiger partial charge in [-0.2, -0.15) is 0 Å². The molecule has 1 aromatic carbocycles. The van der Waals surface area contributed by atoms with Crippen molar-refractivity contribution in [3.05, 3.63) is 41.8 Å². The van der Waals surface area contributed by atoms with Crippen LogP contribution in [0.5, 0.6) is 11.5 Å². The number of fused-ring (bicyclic) bond motifs is 1. The molecule has 1 aromatic heterocycles. The highest BCUT2D eigenvalue weighted by Crippen LogP contribution is 2.32. The van der Waals surface area contributed by atoms with Gasteiger partial charge >= 0.3 is 0 Å². The van der Waals surface area contributed by atoms with Gasteiger partial charge < -0.3 is 24.2 Å². The van der Waals surface area contributed by atoms with Crippen molar-refractivity contribution in [3.63, 3.8) is 0 Å². The van der Waals surface area contributed by atoms with Gasteiger partial charge in [0.2, 0.25) is 6.79 Å². The van der Waals surface area contributed by atoms with E-state index in [0.29, 0.717) is 6.79 Å². The summed E-state index contributed by atoms with van der Waals surface area (Å²) in [5.41, 5.74) is 2.19. The number of nitrogens with one attached hydrogen (secondary N) is 1. The molecule has 0 bridgehead atoms. The lowest BCUT2D eigenvalue weighted by atomic mass is 10.1. The summed E-state index contributed by atoms with van der Waals surface area (Å²) in [7, 11) is 0. The molecule has 0 radical (unpaired) electrons. The van der Waals surface area contributed by atoms with E-state index in [2.05, 4.69) is 33.3 Å². The Morgan fingerprint density at radius 2 is 1.97 bits per heavy atom. The third-order valence-electron chi connectivity index (χ3n) is 4.98. The smallest absolute Gasteiger partial charge is 0.231 e. The molecule has 1 fully saturated rings. The Morgan fingerprint density at radius 1 is 1.14 bits per heavy atom. The minimum absolute atomic E-state index is 0. The predicted octanol–water partition coefficient (Wildman–Crippen LogP) is 2.35. The van der Waals surface area contributed by atoms with E-state index in [1.54, 1.807) is 6.26 Å². The minimum Gasteiger partial charge on any atom is -0.454 e. The first kappa shape index (κ1) is 21.7. The third kappa shape index (κ3) is 5.75. The maximum atomic E-state index is 5.45. The van der Waals surface area contributed by atoms with Crippen molar-refractivity contribution in [2.75, 3.05) is 46.1 Å². The Hall–Kier alpha value is -2.01. The molecule has 9 heteroatoms. The highest BCUT2D eigenvalue weighted by atomic mass is 127. The van der Waals surface area contributed by atoms with Gasteiger partial charge in [-0.05, 0) is 31.0 Å². The van der Waals surface area contributed by atoms with Crippen LogP contribution in [0.4, 0.5) is 0 Å². The molecule has 2 aliphatic heterocycles. The summed E-state index contributed by atoms with van der Waals surface area (Å²) in [5.74, 6) is 2.64. The van der Waals surface area contributed by atoms with Gasteiger partial charge in [0.05, 0.1) is 5.69 Å². The van der Waals surface area contributed by atoms with Gasteiger partial charge in [0.25, 0.3) is 0 Å².